The quantitative estimate of drug-likeness (QED) is 0.173. The van der Waals surface area contributed by atoms with Crippen molar-refractivity contribution in [3.63, 3.8) is 0 Å². The van der Waals surface area contributed by atoms with E-state index in [1.807, 2.05) is 6.92 Å². The van der Waals surface area contributed by atoms with Crippen molar-refractivity contribution in [2.24, 2.45) is 0 Å². The van der Waals surface area contributed by atoms with E-state index in [9.17, 15) is 14.4 Å². The van der Waals surface area contributed by atoms with Gasteiger partial charge in [0.15, 0.2) is 0 Å². The largest absolute Gasteiger partial charge is 0.354 e. The van der Waals surface area contributed by atoms with Gasteiger partial charge in [0.05, 0.1) is 38.2 Å². The minimum atomic E-state index is -0.100. The minimum absolute atomic E-state index is 0.0161. The van der Waals surface area contributed by atoms with Crippen molar-refractivity contribution in [1.29, 1.82) is 0 Å². The van der Waals surface area contributed by atoms with E-state index in [1.54, 1.807) is 29.8 Å². The van der Waals surface area contributed by atoms with Crippen molar-refractivity contribution in [3.8, 4) is 0 Å². The zero-order valence-electron chi connectivity index (χ0n) is 20.5. The van der Waals surface area contributed by atoms with Crippen molar-refractivity contribution < 1.29 is 14.4 Å². The Morgan fingerprint density at radius 2 is 1.19 bits per heavy atom. The molecule has 5 N–H and O–H groups in total. The second-order valence-electron chi connectivity index (χ2n) is 8.28. The van der Waals surface area contributed by atoms with Gasteiger partial charge < -0.3 is 30.5 Å². The average molecular weight is 499 g/mol. The lowest BCUT2D eigenvalue weighted by atomic mass is 10.3. The average Bonchev–Trinajstić information content (AvgIpc) is 3.64. The zero-order valence-corrected chi connectivity index (χ0v) is 20.5. The number of H-pyrrole nitrogens is 3. The summed E-state index contributed by atoms with van der Waals surface area (Å²) in [6.07, 6.45) is 10.3. The molecule has 0 spiro atoms. The number of nitrogens with zero attached hydrogens (tertiary/aromatic N) is 5. The van der Waals surface area contributed by atoms with Gasteiger partial charge in [-0.25, -0.2) is 15.0 Å². The van der Waals surface area contributed by atoms with Gasteiger partial charge >= 0.3 is 0 Å². The summed E-state index contributed by atoms with van der Waals surface area (Å²) in [7, 11) is 0. The summed E-state index contributed by atoms with van der Waals surface area (Å²) in [4.78, 5) is 61.6. The number of nitrogens with one attached hydrogen (secondary N) is 5. The molecule has 0 saturated heterocycles. The van der Waals surface area contributed by atoms with E-state index < -0.39 is 0 Å². The molecule has 3 amide bonds. The zero-order chi connectivity index (χ0) is 25.6. The van der Waals surface area contributed by atoms with E-state index in [2.05, 4.69) is 45.4 Å². The van der Waals surface area contributed by atoms with Crippen LogP contribution in [0.1, 0.15) is 24.0 Å². The number of aromatic amines is 3. The molecule has 0 saturated carbocycles. The number of hydrogen-bond donors (Lipinski definition) is 5. The van der Waals surface area contributed by atoms with Gasteiger partial charge in [-0.2, -0.15) is 0 Å². The highest BCUT2D eigenvalue weighted by Crippen LogP contribution is 2.01. The van der Waals surface area contributed by atoms with Crippen LogP contribution in [0, 0.1) is 0 Å². The molecule has 0 aliphatic heterocycles. The van der Waals surface area contributed by atoms with Crippen molar-refractivity contribution in [2.45, 2.75) is 26.2 Å². The first-order valence-corrected chi connectivity index (χ1v) is 12.0. The standard InChI is InChI=1S/C23H34N10O3/c1-2-33(23(36)11-20-14-26-17-31-20)8-7-32(5-3-27-21(34)9-18-12-24-15-29-18)6-4-28-22(35)10-19-13-25-16-30-19/h12-17H,2-11H2,1H3,(H,24,29)(H,25,30)(H,26,31)(H,27,34)(H,28,35). The third kappa shape index (κ3) is 9.33. The monoisotopic (exact) mass is 498 g/mol. The molecule has 3 rings (SSSR count). The molecular weight excluding hydrogens is 464 g/mol. The Bertz CT molecular complexity index is 980. The minimum Gasteiger partial charge on any atom is -0.354 e. The highest BCUT2D eigenvalue weighted by molar-refractivity contribution is 5.79. The van der Waals surface area contributed by atoms with Crippen LogP contribution in [-0.2, 0) is 33.6 Å². The fourth-order valence-electron chi connectivity index (χ4n) is 3.65. The second kappa shape index (κ2) is 14.4. The van der Waals surface area contributed by atoms with E-state index >= 15 is 0 Å². The molecule has 194 valence electrons. The summed E-state index contributed by atoms with van der Waals surface area (Å²) in [6.45, 7) is 5.73. The normalized spacial score (nSPS) is 10.9. The second-order valence-corrected chi connectivity index (χ2v) is 8.28. The number of likely N-dealkylation sites (N-methyl/N-ethyl adjacent to an activating group) is 1. The molecule has 3 aromatic heterocycles. The van der Waals surface area contributed by atoms with Gasteiger partial charge in [-0.3, -0.25) is 19.3 Å². The fourth-order valence-corrected chi connectivity index (χ4v) is 3.65. The van der Waals surface area contributed by atoms with Crippen LogP contribution >= 0.6 is 0 Å². The Labute approximate surface area is 209 Å². The molecule has 0 fully saturated rings. The number of hydrogen-bond acceptors (Lipinski definition) is 7. The lowest BCUT2D eigenvalue weighted by Crippen LogP contribution is -2.44. The van der Waals surface area contributed by atoms with Gasteiger partial charge in [-0.1, -0.05) is 0 Å². The molecule has 13 nitrogen and oxygen atoms in total. The van der Waals surface area contributed by atoms with Crippen LogP contribution in [0.5, 0.6) is 0 Å². The smallest absolute Gasteiger partial charge is 0.228 e. The van der Waals surface area contributed by atoms with E-state index in [4.69, 9.17) is 0 Å². The molecule has 0 unspecified atom stereocenters. The molecule has 3 heterocycles. The van der Waals surface area contributed by atoms with Gasteiger partial charge in [0.25, 0.3) is 0 Å². The Balaban J connectivity index is 1.46. The fraction of sp³-hybridized carbons (Fsp3) is 0.478. The van der Waals surface area contributed by atoms with Gasteiger partial charge in [-0.05, 0) is 6.92 Å². The third-order valence-electron chi connectivity index (χ3n) is 5.63. The summed E-state index contributed by atoms with van der Waals surface area (Å²) in [5.74, 6) is -0.184. The van der Waals surface area contributed by atoms with Gasteiger partial charge in [0.1, 0.15) is 0 Å². The number of imidazole rings is 3. The molecule has 0 aromatic carbocycles. The molecule has 13 heteroatoms. The number of carbonyl (C=O) groups excluding carboxylic acids is 3. The summed E-state index contributed by atoms with van der Waals surface area (Å²) in [5, 5.41) is 5.83. The Morgan fingerprint density at radius 1 is 0.722 bits per heavy atom. The van der Waals surface area contributed by atoms with Gasteiger partial charge in [0.2, 0.25) is 17.7 Å². The van der Waals surface area contributed by atoms with Gasteiger partial charge in [0, 0.05) is 81.5 Å². The Hall–Kier alpha value is -4.00. The molecule has 0 aliphatic rings. The maximum Gasteiger partial charge on any atom is 0.228 e. The van der Waals surface area contributed by atoms with E-state index in [1.165, 1.54) is 12.7 Å². The van der Waals surface area contributed by atoms with Crippen molar-refractivity contribution in [1.82, 2.24) is 50.3 Å². The number of aromatic nitrogens is 6. The number of carbonyl (C=O) groups is 3. The van der Waals surface area contributed by atoms with Crippen LogP contribution in [0.25, 0.3) is 0 Å². The molecule has 0 bridgehead atoms. The van der Waals surface area contributed by atoms with Crippen molar-refractivity contribution in [3.05, 3.63) is 54.7 Å². The van der Waals surface area contributed by atoms with Crippen molar-refractivity contribution in [2.75, 3.05) is 45.8 Å². The lowest BCUT2D eigenvalue weighted by Gasteiger charge is -2.27. The first-order valence-electron chi connectivity index (χ1n) is 12.0. The van der Waals surface area contributed by atoms with Crippen LogP contribution in [-0.4, -0.2) is 103 Å². The molecule has 36 heavy (non-hydrogen) atoms. The third-order valence-corrected chi connectivity index (χ3v) is 5.63. The Morgan fingerprint density at radius 3 is 1.61 bits per heavy atom. The summed E-state index contributed by atoms with van der Waals surface area (Å²) >= 11 is 0. The summed E-state index contributed by atoms with van der Waals surface area (Å²) < 4.78 is 0. The van der Waals surface area contributed by atoms with Gasteiger partial charge in [-0.15, -0.1) is 0 Å². The van der Waals surface area contributed by atoms with Crippen molar-refractivity contribution >= 4 is 17.7 Å². The molecule has 0 aliphatic carbocycles. The van der Waals surface area contributed by atoms with Crippen LogP contribution in [0.4, 0.5) is 0 Å². The molecule has 3 aromatic rings. The predicted octanol–water partition coefficient (Wildman–Crippen LogP) is -0.733. The maximum atomic E-state index is 12.7. The maximum absolute atomic E-state index is 12.7. The number of rotatable bonds is 16. The topological polar surface area (TPSA) is 168 Å². The Kier molecular flexibility index (Phi) is 10.6. The van der Waals surface area contributed by atoms with Crippen LogP contribution < -0.4 is 10.6 Å². The van der Waals surface area contributed by atoms with Crippen LogP contribution in [0.3, 0.4) is 0 Å². The van der Waals surface area contributed by atoms with E-state index in [0.29, 0.717) is 45.8 Å². The predicted molar refractivity (Wildman–Crippen MR) is 132 cm³/mol. The highest BCUT2D eigenvalue weighted by atomic mass is 16.2. The van der Waals surface area contributed by atoms with Crippen LogP contribution in [0.2, 0.25) is 0 Å². The highest BCUT2D eigenvalue weighted by Gasteiger charge is 2.15. The summed E-state index contributed by atoms with van der Waals surface area (Å²) in [6, 6.07) is 0. The lowest BCUT2D eigenvalue weighted by molar-refractivity contribution is -0.130. The number of amides is 3. The SMILES string of the molecule is CCN(CCN(CCNC(=O)Cc1cnc[nH]1)CCNC(=O)Cc1cnc[nH]1)C(=O)Cc1cnc[nH]1. The molecule has 0 radical (unpaired) electrons. The summed E-state index contributed by atoms with van der Waals surface area (Å²) in [5.41, 5.74) is 2.27. The molecular formula is C23H34N10O3. The first-order chi connectivity index (χ1) is 17.5. The van der Waals surface area contributed by atoms with Crippen LogP contribution in [0.15, 0.2) is 37.6 Å². The van der Waals surface area contributed by atoms with E-state index in [0.717, 1.165) is 17.1 Å². The first kappa shape index (κ1) is 26.6. The molecule has 0 atom stereocenters. The van der Waals surface area contributed by atoms with E-state index in [-0.39, 0.29) is 37.0 Å².